The zero-order valence-corrected chi connectivity index (χ0v) is 11.0. The highest BCUT2D eigenvalue weighted by Crippen LogP contribution is 2.05. The van der Waals surface area contributed by atoms with Crippen LogP contribution in [0, 0.1) is 0 Å². The second-order valence-corrected chi connectivity index (χ2v) is 4.46. The number of hydrogen-bond acceptors (Lipinski definition) is 3. The number of nitrogens with two attached hydrogens (primary N) is 1. The predicted octanol–water partition coefficient (Wildman–Crippen LogP) is 0.851. The molecular formula is C14H18N4O. The first-order valence-electron chi connectivity index (χ1n) is 6.23. The van der Waals surface area contributed by atoms with E-state index in [1.54, 1.807) is 17.1 Å². The molecule has 2 rings (SSSR count). The first-order valence-corrected chi connectivity index (χ1v) is 6.23. The Bertz CT molecular complexity index is 545. The third-order valence-corrected chi connectivity index (χ3v) is 2.85. The number of aromatic nitrogens is 2. The molecule has 0 aliphatic rings. The van der Waals surface area contributed by atoms with E-state index in [9.17, 15) is 4.79 Å². The van der Waals surface area contributed by atoms with Crippen LogP contribution in [-0.2, 0) is 20.0 Å². The summed E-state index contributed by atoms with van der Waals surface area (Å²) < 4.78 is 1.75. The fourth-order valence-electron chi connectivity index (χ4n) is 1.79. The molecule has 0 fully saturated rings. The molecule has 3 N–H and O–H groups in total. The van der Waals surface area contributed by atoms with Gasteiger partial charge in [0.1, 0.15) is 5.69 Å². The van der Waals surface area contributed by atoms with Crippen LogP contribution < -0.4 is 11.1 Å². The number of nitrogens with zero attached hydrogens (tertiary/aromatic N) is 2. The van der Waals surface area contributed by atoms with Crippen molar-refractivity contribution in [3.8, 4) is 0 Å². The predicted molar refractivity (Wildman–Crippen MR) is 73.6 cm³/mol. The number of carbonyl (C=O) groups is 1. The van der Waals surface area contributed by atoms with Gasteiger partial charge in [-0.05, 0) is 24.1 Å². The minimum atomic E-state index is -0.161. The van der Waals surface area contributed by atoms with Gasteiger partial charge in [-0.2, -0.15) is 0 Å². The molecule has 1 amide bonds. The third-order valence-electron chi connectivity index (χ3n) is 2.85. The van der Waals surface area contributed by atoms with Crippen molar-refractivity contribution >= 4 is 5.91 Å². The van der Waals surface area contributed by atoms with E-state index in [1.807, 2.05) is 31.3 Å². The Labute approximate surface area is 112 Å². The van der Waals surface area contributed by atoms with Gasteiger partial charge in [0.25, 0.3) is 5.91 Å². The summed E-state index contributed by atoms with van der Waals surface area (Å²) in [6.45, 7) is 1.15. The van der Waals surface area contributed by atoms with Gasteiger partial charge in [-0.3, -0.25) is 4.79 Å². The van der Waals surface area contributed by atoms with Crippen molar-refractivity contribution in [1.82, 2.24) is 14.9 Å². The number of rotatable bonds is 5. The molecule has 5 nitrogen and oxygen atoms in total. The molecule has 0 aliphatic carbocycles. The molecule has 0 spiro atoms. The van der Waals surface area contributed by atoms with Crippen LogP contribution in [0.2, 0.25) is 0 Å². The Morgan fingerprint density at radius 1 is 1.32 bits per heavy atom. The summed E-state index contributed by atoms with van der Waals surface area (Å²) in [5.41, 5.74) is 8.20. The maximum Gasteiger partial charge on any atom is 0.271 e. The van der Waals surface area contributed by atoms with Crippen LogP contribution >= 0.6 is 0 Å². The minimum absolute atomic E-state index is 0.161. The Morgan fingerprint density at radius 3 is 2.58 bits per heavy atom. The minimum Gasteiger partial charge on any atom is -0.347 e. The SMILES string of the molecule is Cn1cnc(C(=O)NCc2ccc(CCN)cc2)c1. The van der Waals surface area contributed by atoms with Crippen molar-refractivity contribution < 1.29 is 4.79 Å². The average molecular weight is 258 g/mol. The standard InChI is InChI=1S/C14H18N4O/c1-18-9-13(17-10-18)14(19)16-8-12-4-2-11(3-5-12)6-7-15/h2-5,9-10H,6-8,15H2,1H3,(H,16,19). The number of amides is 1. The van der Waals surface area contributed by atoms with Gasteiger partial charge in [0.15, 0.2) is 0 Å². The van der Waals surface area contributed by atoms with Gasteiger partial charge in [-0.1, -0.05) is 24.3 Å². The van der Waals surface area contributed by atoms with Gasteiger partial charge < -0.3 is 15.6 Å². The Balaban J connectivity index is 1.89. The van der Waals surface area contributed by atoms with Crippen LogP contribution in [0.3, 0.4) is 0 Å². The quantitative estimate of drug-likeness (QED) is 0.835. The molecular weight excluding hydrogens is 240 g/mol. The fourth-order valence-corrected chi connectivity index (χ4v) is 1.79. The highest BCUT2D eigenvalue weighted by atomic mass is 16.1. The Morgan fingerprint density at radius 2 is 2.00 bits per heavy atom. The largest absolute Gasteiger partial charge is 0.347 e. The lowest BCUT2D eigenvalue weighted by Gasteiger charge is -2.05. The molecule has 0 bridgehead atoms. The zero-order valence-electron chi connectivity index (χ0n) is 11.0. The maximum atomic E-state index is 11.8. The van der Waals surface area contributed by atoms with E-state index >= 15 is 0 Å². The molecule has 1 heterocycles. The lowest BCUT2D eigenvalue weighted by atomic mass is 10.1. The summed E-state index contributed by atoms with van der Waals surface area (Å²) in [7, 11) is 1.83. The van der Waals surface area contributed by atoms with Gasteiger partial charge in [0.2, 0.25) is 0 Å². The van der Waals surface area contributed by atoms with Crippen molar-refractivity contribution in [3.05, 3.63) is 53.6 Å². The number of aryl methyl sites for hydroxylation is 1. The molecule has 100 valence electrons. The highest BCUT2D eigenvalue weighted by Gasteiger charge is 2.07. The average Bonchev–Trinajstić information content (AvgIpc) is 2.85. The summed E-state index contributed by atoms with van der Waals surface area (Å²) >= 11 is 0. The number of carbonyl (C=O) groups excluding carboxylic acids is 1. The number of benzene rings is 1. The van der Waals surface area contributed by atoms with Crippen LogP contribution in [0.25, 0.3) is 0 Å². The number of nitrogens with one attached hydrogen (secondary N) is 1. The molecule has 0 aliphatic heterocycles. The van der Waals surface area contributed by atoms with E-state index in [-0.39, 0.29) is 5.91 Å². The van der Waals surface area contributed by atoms with Crippen LogP contribution in [-0.4, -0.2) is 22.0 Å². The molecule has 0 saturated carbocycles. The monoisotopic (exact) mass is 258 g/mol. The molecule has 0 atom stereocenters. The van der Waals surface area contributed by atoms with Crippen molar-refractivity contribution in [1.29, 1.82) is 0 Å². The highest BCUT2D eigenvalue weighted by molar-refractivity contribution is 5.91. The number of imidazole rings is 1. The van der Waals surface area contributed by atoms with Crippen molar-refractivity contribution in [2.24, 2.45) is 12.8 Å². The van der Waals surface area contributed by atoms with E-state index < -0.39 is 0 Å². The first-order chi connectivity index (χ1) is 9.19. The van der Waals surface area contributed by atoms with Crippen LogP contribution in [0.1, 0.15) is 21.6 Å². The zero-order chi connectivity index (χ0) is 13.7. The second kappa shape index (κ2) is 6.15. The van der Waals surface area contributed by atoms with Gasteiger partial charge in [0.05, 0.1) is 6.33 Å². The van der Waals surface area contributed by atoms with E-state index in [0.29, 0.717) is 18.8 Å². The van der Waals surface area contributed by atoms with E-state index in [1.165, 1.54) is 5.56 Å². The summed E-state index contributed by atoms with van der Waals surface area (Å²) in [4.78, 5) is 15.8. The van der Waals surface area contributed by atoms with E-state index in [2.05, 4.69) is 10.3 Å². The van der Waals surface area contributed by atoms with E-state index in [0.717, 1.165) is 12.0 Å². The van der Waals surface area contributed by atoms with Crippen molar-refractivity contribution in [2.45, 2.75) is 13.0 Å². The van der Waals surface area contributed by atoms with Gasteiger partial charge in [0, 0.05) is 19.8 Å². The van der Waals surface area contributed by atoms with E-state index in [4.69, 9.17) is 5.73 Å². The Hall–Kier alpha value is -2.14. The summed E-state index contributed by atoms with van der Waals surface area (Å²) in [6.07, 6.45) is 4.18. The Kier molecular flexibility index (Phi) is 4.30. The summed E-state index contributed by atoms with van der Waals surface area (Å²) in [6, 6.07) is 8.08. The molecule has 2 aromatic rings. The first kappa shape index (κ1) is 13.3. The van der Waals surface area contributed by atoms with Crippen LogP contribution in [0.5, 0.6) is 0 Å². The third kappa shape index (κ3) is 3.66. The van der Waals surface area contributed by atoms with Gasteiger partial charge in [-0.15, -0.1) is 0 Å². The lowest BCUT2D eigenvalue weighted by Crippen LogP contribution is -2.23. The molecule has 0 saturated heterocycles. The molecule has 0 radical (unpaired) electrons. The molecule has 0 unspecified atom stereocenters. The maximum absolute atomic E-state index is 11.8. The topological polar surface area (TPSA) is 72.9 Å². The van der Waals surface area contributed by atoms with Gasteiger partial charge >= 0.3 is 0 Å². The molecule has 1 aromatic carbocycles. The van der Waals surface area contributed by atoms with Gasteiger partial charge in [-0.25, -0.2) is 4.98 Å². The molecule has 1 aromatic heterocycles. The molecule has 19 heavy (non-hydrogen) atoms. The molecule has 5 heteroatoms. The fraction of sp³-hybridized carbons (Fsp3) is 0.286. The lowest BCUT2D eigenvalue weighted by molar-refractivity contribution is 0.0946. The normalized spacial score (nSPS) is 10.4. The summed E-state index contributed by atoms with van der Waals surface area (Å²) in [5.74, 6) is -0.161. The second-order valence-electron chi connectivity index (χ2n) is 4.46. The van der Waals surface area contributed by atoms with Crippen molar-refractivity contribution in [3.63, 3.8) is 0 Å². The van der Waals surface area contributed by atoms with Crippen molar-refractivity contribution in [2.75, 3.05) is 6.54 Å². The smallest absolute Gasteiger partial charge is 0.271 e. The number of hydrogen-bond donors (Lipinski definition) is 2. The summed E-state index contributed by atoms with van der Waals surface area (Å²) in [5, 5.41) is 2.84. The van der Waals surface area contributed by atoms with Crippen LogP contribution in [0.15, 0.2) is 36.8 Å². The van der Waals surface area contributed by atoms with Crippen LogP contribution in [0.4, 0.5) is 0 Å².